The molecule has 0 saturated carbocycles. The van der Waals surface area contributed by atoms with Gasteiger partial charge in [0, 0.05) is 28.1 Å². The highest BCUT2D eigenvalue weighted by Crippen LogP contribution is 2.23. The quantitative estimate of drug-likeness (QED) is 0.757. The van der Waals surface area contributed by atoms with E-state index in [-0.39, 0.29) is 11.4 Å². The average Bonchev–Trinajstić information content (AvgIpc) is 2.89. The van der Waals surface area contributed by atoms with Gasteiger partial charge in [-0.3, -0.25) is 0 Å². The van der Waals surface area contributed by atoms with Crippen LogP contribution in [0.4, 0.5) is 5.69 Å². The molecule has 0 aliphatic rings. The molecule has 1 aromatic heterocycles. The first-order valence-corrected chi connectivity index (χ1v) is 9.74. The predicted molar refractivity (Wildman–Crippen MR) is 91.3 cm³/mol. The van der Waals surface area contributed by atoms with E-state index in [1.54, 1.807) is 24.3 Å². The number of halogens is 1. The van der Waals surface area contributed by atoms with Crippen molar-refractivity contribution in [3.05, 3.63) is 45.1 Å². The van der Waals surface area contributed by atoms with Crippen molar-refractivity contribution in [3.63, 3.8) is 0 Å². The summed E-state index contributed by atoms with van der Waals surface area (Å²) >= 11 is 4.90. The summed E-state index contributed by atoms with van der Waals surface area (Å²) in [5.74, 6) is 0. The average molecular weight is 389 g/mol. The van der Waals surface area contributed by atoms with Crippen LogP contribution in [-0.2, 0) is 16.6 Å². The fourth-order valence-corrected chi connectivity index (χ4v) is 4.24. The molecule has 0 aliphatic carbocycles. The van der Waals surface area contributed by atoms with Gasteiger partial charge in [0.05, 0.1) is 4.90 Å². The molecule has 114 valence electrons. The minimum Gasteiger partial charge on any atom is -0.385 e. The molecule has 0 atom stereocenters. The molecule has 0 spiro atoms. The Balaban J connectivity index is 2.03. The van der Waals surface area contributed by atoms with Crippen LogP contribution >= 0.6 is 27.3 Å². The first-order valence-electron chi connectivity index (χ1n) is 6.58. The topological polar surface area (TPSA) is 58.2 Å². The van der Waals surface area contributed by atoms with E-state index < -0.39 is 10.0 Å². The lowest BCUT2D eigenvalue weighted by Gasteiger charge is -2.08. The van der Waals surface area contributed by atoms with Gasteiger partial charge in [0.15, 0.2) is 0 Å². The minimum atomic E-state index is -3.48. The normalized spacial score (nSPS) is 11.5. The van der Waals surface area contributed by atoms with Crippen LogP contribution in [0.1, 0.15) is 18.2 Å². The highest BCUT2D eigenvalue weighted by atomic mass is 79.9. The summed E-state index contributed by atoms with van der Waals surface area (Å²) in [5, 5.41) is 5.13. The SMILES string of the molecule is CCCNc1ccc(S(=O)(=O)NCc2sccc2Br)cc1. The van der Waals surface area contributed by atoms with E-state index in [1.165, 1.54) is 11.3 Å². The number of sulfonamides is 1. The molecular weight excluding hydrogens is 372 g/mol. The van der Waals surface area contributed by atoms with Crippen molar-refractivity contribution in [2.45, 2.75) is 24.8 Å². The lowest BCUT2D eigenvalue weighted by atomic mass is 10.3. The van der Waals surface area contributed by atoms with E-state index in [4.69, 9.17) is 0 Å². The van der Waals surface area contributed by atoms with Crippen molar-refractivity contribution in [2.75, 3.05) is 11.9 Å². The van der Waals surface area contributed by atoms with Crippen LogP contribution in [0.25, 0.3) is 0 Å². The van der Waals surface area contributed by atoms with Gasteiger partial charge in [-0.25, -0.2) is 13.1 Å². The zero-order valence-electron chi connectivity index (χ0n) is 11.6. The molecule has 0 amide bonds. The van der Waals surface area contributed by atoms with Gasteiger partial charge in [0.2, 0.25) is 10.0 Å². The second kappa shape index (κ2) is 7.40. The van der Waals surface area contributed by atoms with E-state index in [9.17, 15) is 8.42 Å². The van der Waals surface area contributed by atoms with Gasteiger partial charge in [-0.1, -0.05) is 6.92 Å². The molecule has 0 radical (unpaired) electrons. The second-order valence-corrected chi connectivity index (χ2v) is 8.09. The smallest absolute Gasteiger partial charge is 0.240 e. The number of benzene rings is 1. The van der Waals surface area contributed by atoms with Crippen LogP contribution in [0.3, 0.4) is 0 Å². The van der Waals surface area contributed by atoms with Crippen LogP contribution in [0.2, 0.25) is 0 Å². The zero-order valence-corrected chi connectivity index (χ0v) is 14.8. The molecule has 7 heteroatoms. The highest BCUT2D eigenvalue weighted by molar-refractivity contribution is 9.10. The summed E-state index contributed by atoms with van der Waals surface area (Å²) in [5.41, 5.74) is 0.928. The number of nitrogens with one attached hydrogen (secondary N) is 2. The number of thiophene rings is 1. The molecule has 4 nitrogen and oxygen atoms in total. The lowest BCUT2D eigenvalue weighted by molar-refractivity contribution is 0.582. The molecule has 2 N–H and O–H groups in total. The van der Waals surface area contributed by atoms with E-state index in [0.29, 0.717) is 0 Å². The van der Waals surface area contributed by atoms with Crippen LogP contribution in [0, 0.1) is 0 Å². The van der Waals surface area contributed by atoms with Crippen molar-refractivity contribution in [2.24, 2.45) is 0 Å². The molecule has 2 rings (SSSR count). The van der Waals surface area contributed by atoms with Gasteiger partial charge in [-0.15, -0.1) is 11.3 Å². The number of anilines is 1. The Kier molecular flexibility index (Phi) is 5.80. The monoisotopic (exact) mass is 388 g/mol. The van der Waals surface area contributed by atoms with E-state index in [2.05, 4.69) is 32.9 Å². The summed E-state index contributed by atoms with van der Waals surface area (Å²) in [7, 11) is -3.48. The van der Waals surface area contributed by atoms with Gasteiger partial charge in [-0.2, -0.15) is 0 Å². The maximum Gasteiger partial charge on any atom is 0.240 e. The minimum absolute atomic E-state index is 0.275. The van der Waals surface area contributed by atoms with Crippen LogP contribution in [0.15, 0.2) is 45.1 Å². The Hall–Kier alpha value is -0.890. The summed E-state index contributed by atoms with van der Waals surface area (Å²) in [6, 6.07) is 8.70. The maximum atomic E-state index is 12.2. The Labute approximate surface area is 137 Å². The lowest BCUT2D eigenvalue weighted by Crippen LogP contribution is -2.22. The largest absolute Gasteiger partial charge is 0.385 e. The summed E-state index contributed by atoms with van der Waals surface area (Å²) in [6.45, 7) is 3.24. The fraction of sp³-hybridized carbons (Fsp3) is 0.286. The molecule has 0 aliphatic heterocycles. The van der Waals surface area contributed by atoms with Crippen molar-refractivity contribution in [1.82, 2.24) is 4.72 Å². The van der Waals surface area contributed by atoms with Gasteiger partial charge in [-0.05, 0) is 58.1 Å². The molecule has 1 aromatic carbocycles. The van der Waals surface area contributed by atoms with E-state index in [0.717, 1.165) is 28.0 Å². The van der Waals surface area contributed by atoms with Gasteiger partial charge >= 0.3 is 0 Å². The second-order valence-electron chi connectivity index (χ2n) is 4.47. The molecule has 21 heavy (non-hydrogen) atoms. The standard InChI is InChI=1S/C14H17BrN2O2S2/c1-2-8-16-11-3-5-12(6-4-11)21(18,19)17-10-14-13(15)7-9-20-14/h3-7,9,16-17H,2,8,10H2,1H3. The van der Waals surface area contributed by atoms with Crippen molar-refractivity contribution in [3.8, 4) is 0 Å². The third-order valence-electron chi connectivity index (χ3n) is 2.86. The van der Waals surface area contributed by atoms with Gasteiger partial charge in [0.25, 0.3) is 0 Å². The van der Waals surface area contributed by atoms with Crippen molar-refractivity contribution in [1.29, 1.82) is 0 Å². The predicted octanol–water partition coefficient (Wildman–Crippen LogP) is 3.81. The van der Waals surface area contributed by atoms with Crippen LogP contribution < -0.4 is 10.0 Å². The fourth-order valence-electron chi connectivity index (χ4n) is 1.72. The van der Waals surface area contributed by atoms with Crippen molar-refractivity contribution < 1.29 is 8.42 Å². The summed E-state index contributed by atoms with van der Waals surface area (Å²) in [6.07, 6.45) is 1.03. The molecular formula is C14H17BrN2O2S2. The Morgan fingerprint density at radius 1 is 1.19 bits per heavy atom. The van der Waals surface area contributed by atoms with Gasteiger partial charge in [0.1, 0.15) is 0 Å². The third kappa shape index (κ3) is 4.54. The van der Waals surface area contributed by atoms with E-state index >= 15 is 0 Å². The first-order chi connectivity index (χ1) is 10.0. The molecule has 2 aromatic rings. The van der Waals surface area contributed by atoms with E-state index in [1.807, 2.05) is 11.4 Å². The molecule has 0 bridgehead atoms. The zero-order chi connectivity index (χ0) is 15.3. The number of rotatable bonds is 7. The van der Waals surface area contributed by atoms with Crippen LogP contribution in [0.5, 0.6) is 0 Å². The Morgan fingerprint density at radius 2 is 1.90 bits per heavy atom. The van der Waals surface area contributed by atoms with Crippen molar-refractivity contribution >= 4 is 43.0 Å². The Bertz CT molecular complexity index is 681. The number of hydrogen-bond donors (Lipinski definition) is 2. The highest BCUT2D eigenvalue weighted by Gasteiger charge is 2.14. The Morgan fingerprint density at radius 3 is 2.48 bits per heavy atom. The summed E-state index contributed by atoms with van der Waals surface area (Å²) in [4.78, 5) is 1.23. The first kappa shape index (κ1) is 16.5. The molecule has 0 fully saturated rings. The van der Waals surface area contributed by atoms with Gasteiger partial charge < -0.3 is 5.32 Å². The van der Waals surface area contributed by atoms with Crippen LogP contribution in [-0.4, -0.2) is 15.0 Å². The maximum absolute atomic E-state index is 12.2. The number of hydrogen-bond acceptors (Lipinski definition) is 4. The third-order valence-corrected chi connectivity index (χ3v) is 6.20. The summed E-state index contributed by atoms with van der Waals surface area (Å²) < 4.78 is 28.0. The molecule has 0 saturated heterocycles. The molecule has 0 unspecified atom stereocenters. The molecule has 1 heterocycles.